The van der Waals surface area contributed by atoms with Gasteiger partial charge in [-0.2, -0.15) is 0 Å². The number of hydrogen-bond acceptors (Lipinski definition) is 5. The van der Waals surface area contributed by atoms with Gasteiger partial charge in [-0.25, -0.2) is 0 Å². The zero-order chi connectivity index (χ0) is 14.8. The standard InChI is InChI=1S/C14H10BrN3O2S/c1-8-5-11(21-12(8)15)13(19)17-10-4-2-3-9(6-10)14-18-16-7-20-14/h2-7H,1H3,(H,17,19). The van der Waals surface area contributed by atoms with Crippen molar-refractivity contribution in [1.29, 1.82) is 0 Å². The maximum absolute atomic E-state index is 12.2. The first kappa shape index (κ1) is 14.0. The molecule has 0 aliphatic heterocycles. The van der Waals surface area contributed by atoms with Crippen LogP contribution in [0.25, 0.3) is 11.5 Å². The molecular weight excluding hydrogens is 354 g/mol. The molecule has 0 spiro atoms. The summed E-state index contributed by atoms with van der Waals surface area (Å²) < 4.78 is 6.11. The molecule has 0 radical (unpaired) electrons. The molecule has 3 aromatic rings. The highest BCUT2D eigenvalue weighted by molar-refractivity contribution is 9.11. The number of thiophene rings is 1. The molecule has 0 fully saturated rings. The molecule has 0 aliphatic rings. The Morgan fingerprint density at radius 1 is 1.38 bits per heavy atom. The smallest absolute Gasteiger partial charge is 0.265 e. The molecule has 3 rings (SSSR count). The van der Waals surface area contributed by atoms with Gasteiger partial charge in [0.1, 0.15) is 0 Å². The third-order valence-electron chi connectivity index (χ3n) is 2.81. The molecule has 0 bridgehead atoms. The summed E-state index contributed by atoms with van der Waals surface area (Å²) in [6.45, 7) is 1.95. The Balaban J connectivity index is 1.82. The van der Waals surface area contributed by atoms with Crippen LogP contribution in [0.5, 0.6) is 0 Å². The number of amides is 1. The predicted octanol–water partition coefficient (Wildman–Crippen LogP) is 4.12. The van der Waals surface area contributed by atoms with E-state index < -0.39 is 0 Å². The van der Waals surface area contributed by atoms with Gasteiger partial charge < -0.3 is 9.73 Å². The number of nitrogens with zero attached hydrogens (tertiary/aromatic N) is 2. The number of rotatable bonds is 3. The van der Waals surface area contributed by atoms with E-state index in [1.165, 1.54) is 17.7 Å². The number of nitrogens with one attached hydrogen (secondary N) is 1. The zero-order valence-electron chi connectivity index (χ0n) is 11.0. The van der Waals surface area contributed by atoms with Crippen molar-refractivity contribution in [2.75, 3.05) is 5.32 Å². The lowest BCUT2D eigenvalue weighted by atomic mass is 10.2. The number of aromatic nitrogens is 2. The Labute approximate surface area is 133 Å². The minimum atomic E-state index is -0.142. The molecule has 0 atom stereocenters. The maximum atomic E-state index is 12.2. The molecule has 21 heavy (non-hydrogen) atoms. The van der Waals surface area contributed by atoms with Crippen molar-refractivity contribution < 1.29 is 9.21 Å². The molecule has 0 saturated carbocycles. The third kappa shape index (κ3) is 3.03. The van der Waals surface area contributed by atoms with Gasteiger partial charge in [0.2, 0.25) is 12.3 Å². The second kappa shape index (κ2) is 5.79. The van der Waals surface area contributed by atoms with Gasteiger partial charge in [0, 0.05) is 11.3 Å². The summed E-state index contributed by atoms with van der Waals surface area (Å²) >= 11 is 4.83. The molecule has 106 valence electrons. The monoisotopic (exact) mass is 363 g/mol. The lowest BCUT2D eigenvalue weighted by Gasteiger charge is -2.04. The molecule has 2 aromatic heterocycles. The van der Waals surface area contributed by atoms with E-state index in [4.69, 9.17) is 4.42 Å². The van der Waals surface area contributed by atoms with Crippen molar-refractivity contribution in [3.63, 3.8) is 0 Å². The SMILES string of the molecule is Cc1cc(C(=O)Nc2cccc(-c3nnco3)c2)sc1Br. The highest BCUT2D eigenvalue weighted by atomic mass is 79.9. The van der Waals surface area contributed by atoms with E-state index in [-0.39, 0.29) is 5.91 Å². The Bertz CT molecular complexity index is 764. The van der Waals surface area contributed by atoms with Crippen LogP contribution in [0.2, 0.25) is 0 Å². The largest absolute Gasteiger partial charge is 0.423 e. The number of anilines is 1. The summed E-state index contributed by atoms with van der Waals surface area (Å²) in [6.07, 6.45) is 1.27. The molecule has 7 heteroatoms. The van der Waals surface area contributed by atoms with Crippen LogP contribution < -0.4 is 5.32 Å². The van der Waals surface area contributed by atoms with Gasteiger partial charge in [-0.15, -0.1) is 21.5 Å². The topological polar surface area (TPSA) is 68.0 Å². The molecule has 1 amide bonds. The Morgan fingerprint density at radius 3 is 2.90 bits per heavy atom. The van der Waals surface area contributed by atoms with Gasteiger partial charge in [-0.05, 0) is 52.7 Å². The Hall–Kier alpha value is -1.99. The summed E-state index contributed by atoms with van der Waals surface area (Å²) in [5, 5.41) is 10.3. The number of carbonyl (C=O) groups is 1. The second-order valence-electron chi connectivity index (χ2n) is 4.35. The quantitative estimate of drug-likeness (QED) is 0.759. The molecule has 2 heterocycles. The third-order valence-corrected chi connectivity index (χ3v) is 4.94. The van der Waals surface area contributed by atoms with E-state index in [0.717, 1.165) is 14.9 Å². The van der Waals surface area contributed by atoms with Crippen LogP contribution in [0.1, 0.15) is 15.2 Å². The lowest BCUT2D eigenvalue weighted by molar-refractivity contribution is 0.103. The molecule has 0 aliphatic carbocycles. The molecule has 0 unspecified atom stereocenters. The minimum absolute atomic E-state index is 0.142. The van der Waals surface area contributed by atoms with Gasteiger partial charge in [-0.1, -0.05) is 6.07 Å². The van der Waals surface area contributed by atoms with Crippen LogP contribution >= 0.6 is 27.3 Å². The fraction of sp³-hybridized carbons (Fsp3) is 0.0714. The summed E-state index contributed by atoms with van der Waals surface area (Å²) in [5.41, 5.74) is 2.48. The number of carbonyl (C=O) groups excluding carboxylic acids is 1. The predicted molar refractivity (Wildman–Crippen MR) is 84.4 cm³/mol. The molecule has 1 N–H and O–H groups in total. The van der Waals surface area contributed by atoms with Gasteiger partial charge >= 0.3 is 0 Å². The van der Waals surface area contributed by atoms with E-state index in [1.807, 2.05) is 31.2 Å². The fourth-order valence-corrected chi connectivity index (χ4v) is 3.22. The van der Waals surface area contributed by atoms with Gasteiger partial charge in [0.25, 0.3) is 5.91 Å². The highest BCUT2D eigenvalue weighted by Crippen LogP contribution is 2.28. The van der Waals surface area contributed by atoms with Crippen LogP contribution in [0, 0.1) is 6.92 Å². The maximum Gasteiger partial charge on any atom is 0.265 e. The van der Waals surface area contributed by atoms with Crippen molar-refractivity contribution in [2.45, 2.75) is 6.92 Å². The Morgan fingerprint density at radius 2 is 2.24 bits per heavy atom. The van der Waals surface area contributed by atoms with Crippen LogP contribution in [0.3, 0.4) is 0 Å². The number of hydrogen-bond donors (Lipinski definition) is 1. The number of halogens is 1. The highest BCUT2D eigenvalue weighted by Gasteiger charge is 2.12. The minimum Gasteiger partial charge on any atom is -0.423 e. The van der Waals surface area contributed by atoms with Gasteiger partial charge in [0.15, 0.2) is 0 Å². The van der Waals surface area contributed by atoms with Crippen molar-refractivity contribution in [3.05, 3.63) is 51.0 Å². The van der Waals surface area contributed by atoms with E-state index in [1.54, 1.807) is 6.07 Å². The van der Waals surface area contributed by atoms with Crippen molar-refractivity contribution in [2.24, 2.45) is 0 Å². The number of aryl methyl sites for hydroxylation is 1. The van der Waals surface area contributed by atoms with E-state index in [0.29, 0.717) is 16.5 Å². The van der Waals surface area contributed by atoms with E-state index >= 15 is 0 Å². The summed E-state index contributed by atoms with van der Waals surface area (Å²) in [6, 6.07) is 9.12. The molecule has 1 aromatic carbocycles. The van der Waals surface area contributed by atoms with Crippen LogP contribution in [-0.2, 0) is 0 Å². The number of benzene rings is 1. The van der Waals surface area contributed by atoms with E-state index in [2.05, 4.69) is 31.4 Å². The van der Waals surface area contributed by atoms with Gasteiger partial charge in [0.05, 0.1) is 8.66 Å². The van der Waals surface area contributed by atoms with Crippen LogP contribution in [0.15, 0.2) is 44.9 Å². The van der Waals surface area contributed by atoms with Crippen LogP contribution in [-0.4, -0.2) is 16.1 Å². The molecule has 0 saturated heterocycles. The van der Waals surface area contributed by atoms with E-state index in [9.17, 15) is 4.79 Å². The average molecular weight is 364 g/mol. The summed E-state index contributed by atoms with van der Waals surface area (Å²) in [5.74, 6) is 0.275. The van der Waals surface area contributed by atoms with Crippen molar-refractivity contribution in [1.82, 2.24) is 10.2 Å². The molecular formula is C14H10BrN3O2S. The van der Waals surface area contributed by atoms with Gasteiger partial charge in [-0.3, -0.25) is 4.79 Å². The second-order valence-corrected chi connectivity index (χ2v) is 6.72. The first-order valence-electron chi connectivity index (χ1n) is 6.07. The fourth-order valence-electron chi connectivity index (χ4n) is 1.79. The zero-order valence-corrected chi connectivity index (χ0v) is 13.4. The average Bonchev–Trinajstić information content (AvgIpc) is 3.10. The normalized spacial score (nSPS) is 10.6. The summed E-state index contributed by atoms with van der Waals surface area (Å²) in [4.78, 5) is 12.9. The lowest BCUT2D eigenvalue weighted by Crippen LogP contribution is -2.10. The summed E-state index contributed by atoms with van der Waals surface area (Å²) in [7, 11) is 0. The first-order chi connectivity index (χ1) is 10.1. The van der Waals surface area contributed by atoms with Crippen molar-refractivity contribution >= 4 is 38.9 Å². The Kier molecular flexibility index (Phi) is 3.85. The molecule has 5 nitrogen and oxygen atoms in total. The van der Waals surface area contributed by atoms with Crippen molar-refractivity contribution in [3.8, 4) is 11.5 Å². The van der Waals surface area contributed by atoms with Crippen LogP contribution in [0.4, 0.5) is 5.69 Å². The first-order valence-corrected chi connectivity index (χ1v) is 7.68.